The third-order valence-electron chi connectivity index (χ3n) is 14.4. The van der Waals surface area contributed by atoms with Crippen LogP contribution >= 0.6 is 0 Å². The summed E-state index contributed by atoms with van der Waals surface area (Å²) in [5, 5.41) is 25.1. The van der Waals surface area contributed by atoms with Gasteiger partial charge >= 0.3 is 0 Å². The summed E-state index contributed by atoms with van der Waals surface area (Å²) in [6.45, 7) is 14.4. The van der Waals surface area contributed by atoms with E-state index in [1.54, 1.807) is 6.08 Å². The number of aliphatic hydroxyl groups excluding tert-OH is 2. The average molecular weight is 899 g/mol. The molecule has 0 aromatic heterocycles. The van der Waals surface area contributed by atoms with Gasteiger partial charge < -0.3 is 38.9 Å². The Labute approximate surface area is 391 Å². The highest BCUT2D eigenvalue weighted by Gasteiger charge is 2.65. The average Bonchev–Trinajstić information content (AvgIpc) is 3.31. The number of hydrogen-bond acceptors (Lipinski definition) is 9. The molecular weight excluding hydrogens is 817 g/mol. The predicted molar refractivity (Wildman–Crippen MR) is 259 cm³/mol. The Bertz CT molecular complexity index is 1860. The molecule has 2 aliphatic heterocycles. The second-order valence-corrected chi connectivity index (χ2v) is 19.2. The molecule has 65 heavy (non-hydrogen) atoms. The van der Waals surface area contributed by atoms with Crippen molar-refractivity contribution in [1.29, 1.82) is 0 Å². The molecule has 360 valence electrons. The Kier molecular flexibility index (Phi) is 20.3. The fourth-order valence-electron chi connectivity index (χ4n) is 11.0. The maximum atomic E-state index is 14.9. The number of aryl methyl sites for hydroxylation is 2. The molecule has 7 atom stereocenters. The van der Waals surface area contributed by atoms with Gasteiger partial charge in [0.25, 0.3) is 0 Å². The van der Waals surface area contributed by atoms with Gasteiger partial charge in [0.05, 0.1) is 24.8 Å². The topological polar surface area (TPSA) is 119 Å². The molecule has 2 aliphatic carbocycles. The highest BCUT2D eigenvalue weighted by Crippen LogP contribution is 2.62. The van der Waals surface area contributed by atoms with Crippen molar-refractivity contribution < 1.29 is 38.8 Å². The zero-order valence-corrected chi connectivity index (χ0v) is 40.4. The fourth-order valence-corrected chi connectivity index (χ4v) is 11.0. The first-order chi connectivity index (χ1) is 31.8. The summed E-state index contributed by atoms with van der Waals surface area (Å²) in [4.78, 5) is 23.3. The molecule has 1 unspecified atom stereocenters. The van der Waals surface area contributed by atoms with Gasteiger partial charge in [-0.05, 0) is 124 Å². The number of amides is 1. The van der Waals surface area contributed by atoms with Crippen LogP contribution in [0.25, 0.3) is 0 Å². The van der Waals surface area contributed by atoms with E-state index >= 15 is 0 Å². The maximum Gasteiger partial charge on any atom is 0.239 e. The minimum absolute atomic E-state index is 0.116. The molecular formula is C55H82N2O8. The van der Waals surface area contributed by atoms with E-state index in [-0.39, 0.29) is 49.4 Å². The normalized spacial score (nSPS) is 25.3. The van der Waals surface area contributed by atoms with E-state index in [0.717, 1.165) is 117 Å². The molecule has 1 saturated heterocycles. The molecule has 0 radical (unpaired) electrons. The Balaban J connectivity index is 1.47. The van der Waals surface area contributed by atoms with Crippen LogP contribution in [-0.4, -0.2) is 77.8 Å². The van der Waals surface area contributed by atoms with E-state index in [2.05, 4.69) is 63.4 Å². The summed E-state index contributed by atoms with van der Waals surface area (Å²) >= 11 is 0. The SMILES string of the molecule is C=CCO[C@@]12Oc3ccc(Oc4ccc(C)c(C)c4)cc3[C@H]3[C@H](CCCCO)[C@@H](CCCCO)C=C(C(=NOC4CCCCO4)C[C@@H]1N(CCC)C(=O)CCCCCCCCCCC)[C@H]32. The van der Waals surface area contributed by atoms with Crippen LogP contribution in [0.1, 0.15) is 171 Å². The smallest absolute Gasteiger partial charge is 0.239 e. The van der Waals surface area contributed by atoms with Crippen LogP contribution in [-0.2, 0) is 19.1 Å². The van der Waals surface area contributed by atoms with E-state index in [4.69, 9.17) is 28.9 Å². The first kappa shape index (κ1) is 50.7. The van der Waals surface area contributed by atoms with Gasteiger partial charge in [0.2, 0.25) is 18.0 Å². The molecule has 0 spiro atoms. The van der Waals surface area contributed by atoms with E-state index in [1.807, 2.05) is 18.2 Å². The highest BCUT2D eigenvalue weighted by molar-refractivity contribution is 6.03. The quantitative estimate of drug-likeness (QED) is 0.0492. The summed E-state index contributed by atoms with van der Waals surface area (Å²) in [5.41, 5.74) is 5.26. The molecule has 1 saturated carbocycles. The van der Waals surface area contributed by atoms with Crippen LogP contribution in [0.2, 0.25) is 0 Å². The zero-order valence-electron chi connectivity index (χ0n) is 40.4. The van der Waals surface area contributed by atoms with Gasteiger partial charge in [-0.15, -0.1) is 6.58 Å². The van der Waals surface area contributed by atoms with Crippen LogP contribution in [0.15, 0.2) is 65.9 Å². The molecule has 2 heterocycles. The number of fused-ring (bicyclic) bond motifs is 2. The number of ether oxygens (including phenoxy) is 4. The molecule has 10 nitrogen and oxygen atoms in total. The lowest BCUT2D eigenvalue weighted by Crippen LogP contribution is -2.70. The van der Waals surface area contributed by atoms with Crippen LogP contribution < -0.4 is 9.47 Å². The van der Waals surface area contributed by atoms with Crippen LogP contribution in [0, 0.1) is 31.6 Å². The van der Waals surface area contributed by atoms with Gasteiger partial charge in [-0.2, -0.15) is 0 Å². The second kappa shape index (κ2) is 26.0. The molecule has 2 aromatic rings. The zero-order chi connectivity index (χ0) is 46.0. The number of aliphatic hydroxyl groups is 2. The lowest BCUT2D eigenvalue weighted by Gasteiger charge is -2.60. The minimum atomic E-state index is -1.27. The molecule has 0 bridgehead atoms. The molecule has 2 N–H and O–H groups in total. The molecule has 2 aromatic carbocycles. The van der Waals surface area contributed by atoms with Crippen molar-refractivity contribution in [3.8, 4) is 17.2 Å². The number of carbonyl (C=O) groups excluding carboxylic acids is 1. The largest absolute Gasteiger partial charge is 0.459 e. The number of allylic oxidation sites excluding steroid dienone is 1. The van der Waals surface area contributed by atoms with Gasteiger partial charge in [-0.3, -0.25) is 4.79 Å². The van der Waals surface area contributed by atoms with E-state index in [9.17, 15) is 15.0 Å². The molecule has 10 heteroatoms. The Morgan fingerprint density at radius 2 is 1.60 bits per heavy atom. The summed E-state index contributed by atoms with van der Waals surface area (Å²) in [6.07, 6.45) is 23.7. The molecule has 2 fully saturated rings. The maximum absolute atomic E-state index is 14.9. The number of nitrogens with zero attached hydrogens (tertiary/aromatic N) is 2. The number of oxime groups is 1. The summed E-state index contributed by atoms with van der Waals surface area (Å²) in [7, 11) is 0. The summed E-state index contributed by atoms with van der Waals surface area (Å²) < 4.78 is 27.4. The number of benzene rings is 2. The van der Waals surface area contributed by atoms with E-state index in [0.29, 0.717) is 32.4 Å². The van der Waals surface area contributed by atoms with Crippen LogP contribution in [0.4, 0.5) is 0 Å². The van der Waals surface area contributed by atoms with Crippen molar-refractivity contribution >= 4 is 11.6 Å². The first-order valence-corrected chi connectivity index (χ1v) is 25.7. The van der Waals surface area contributed by atoms with Gasteiger partial charge in [0.15, 0.2) is 0 Å². The lowest BCUT2D eigenvalue weighted by molar-refractivity contribution is -0.257. The van der Waals surface area contributed by atoms with Crippen molar-refractivity contribution in [2.45, 2.75) is 187 Å². The number of carbonyl (C=O) groups is 1. The lowest BCUT2D eigenvalue weighted by atomic mass is 9.55. The van der Waals surface area contributed by atoms with Gasteiger partial charge in [-0.25, -0.2) is 0 Å². The highest BCUT2D eigenvalue weighted by atomic mass is 16.8. The van der Waals surface area contributed by atoms with Crippen LogP contribution in [0.5, 0.6) is 17.2 Å². The summed E-state index contributed by atoms with van der Waals surface area (Å²) in [5.74, 6) is 0.831. The third kappa shape index (κ3) is 13.1. The molecule has 4 aliphatic rings. The third-order valence-corrected chi connectivity index (χ3v) is 14.4. The first-order valence-electron chi connectivity index (χ1n) is 25.7. The fraction of sp³-hybridized carbons (Fsp3) is 0.673. The van der Waals surface area contributed by atoms with Crippen molar-refractivity contribution in [1.82, 2.24) is 4.90 Å². The van der Waals surface area contributed by atoms with E-state index < -0.39 is 18.1 Å². The van der Waals surface area contributed by atoms with Crippen LogP contribution in [0.3, 0.4) is 0 Å². The van der Waals surface area contributed by atoms with Gasteiger partial charge in [-0.1, -0.05) is 101 Å². The standard InChI is InChI=1S/C55H82N2O8/c1-6-9-10-11-12-13-14-15-16-25-51(60)57(31-7-2)50-39-48(56-65-52-26-19-22-35-61-52)46-37-42(23-17-20-32-58)45(24-18-21-33-59)53-47-38-44(63-43-28-27-40(4)41(5)36-43)29-30-49(47)64-55(50,54(46)53)62-34-8-3/h8,27-30,36-38,42,45,50,52-54,58-59H,3,6-7,9-26,31-35,39H2,1-2,4-5H3/t42-,45+,50-,52?,53+,54+,55+/m0/s1. The Hall–Kier alpha value is -3.70. The van der Waals surface area contributed by atoms with Crippen molar-refractivity contribution in [2.75, 3.05) is 33.0 Å². The van der Waals surface area contributed by atoms with E-state index in [1.165, 1.54) is 44.1 Å². The Morgan fingerprint density at radius 3 is 2.29 bits per heavy atom. The second-order valence-electron chi connectivity index (χ2n) is 19.2. The van der Waals surface area contributed by atoms with Crippen molar-refractivity contribution in [2.24, 2.45) is 22.9 Å². The summed E-state index contributed by atoms with van der Waals surface area (Å²) in [6, 6.07) is 11.8. The number of unbranched alkanes of at least 4 members (excludes halogenated alkanes) is 10. The van der Waals surface area contributed by atoms with Gasteiger partial charge in [0, 0.05) is 50.5 Å². The van der Waals surface area contributed by atoms with Crippen molar-refractivity contribution in [3.05, 3.63) is 77.4 Å². The number of rotatable bonds is 28. The predicted octanol–water partition coefficient (Wildman–Crippen LogP) is 12.4. The molecule has 6 rings (SSSR count). The monoisotopic (exact) mass is 899 g/mol. The Morgan fingerprint density at radius 1 is 0.877 bits per heavy atom. The van der Waals surface area contributed by atoms with Gasteiger partial charge in [0.1, 0.15) is 23.3 Å². The minimum Gasteiger partial charge on any atom is -0.459 e. The van der Waals surface area contributed by atoms with Crippen molar-refractivity contribution in [3.63, 3.8) is 0 Å². The number of hydrogen-bond donors (Lipinski definition) is 2. The molecule has 1 amide bonds.